The molecule has 0 spiro atoms. The normalized spacial score (nSPS) is 10.6. The van der Waals surface area contributed by atoms with Gasteiger partial charge in [0, 0.05) is 25.5 Å². The first-order valence-corrected chi connectivity index (χ1v) is 9.80. The number of aromatic nitrogens is 2. The van der Waals surface area contributed by atoms with Crippen LogP contribution >= 0.6 is 0 Å². The zero-order valence-electron chi connectivity index (χ0n) is 17.3. The molecule has 2 amide bonds. The second kappa shape index (κ2) is 10.3. The summed E-state index contributed by atoms with van der Waals surface area (Å²) in [5, 5.41) is 5.42. The van der Waals surface area contributed by atoms with Crippen molar-refractivity contribution in [2.24, 2.45) is 0 Å². The first kappa shape index (κ1) is 21.9. The molecule has 8 heteroatoms. The summed E-state index contributed by atoms with van der Waals surface area (Å²) in [5.41, 5.74) is 1.40. The van der Waals surface area contributed by atoms with E-state index in [0.717, 1.165) is 5.56 Å². The van der Waals surface area contributed by atoms with Gasteiger partial charge < -0.3 is 15.4 Å². The molecule has 0 saturated carbocycles. The van der Waals surface area contributed by atoms with Crippen LogP contribution in [0.2, 0.25) is 0 Å². The van der Waals surface area contributed by atoms with Crippen LogP contribution in [0, 0.1) is 5.82 Å². The number of hydrogen-bond acceptors (Lipinski definition) is 5. The SMILES string of the molecule is CC(C)Oc1cccc(CNC(=O)c2nccnc2C(=O)NCc2ccc(F)cc2)c1. The van der Waals surface area contributed by atoms with Crippen molar-refractivity contribution in [3.8, 4) is 5.75 Å². The maximum absolute atomic E-state index is 13.0. The van der Waals surface area contributed by atoms with Gasteiger partial charge in [-0.3, -0.25) is 9.59 Å². The molecule has 3 aromatic rings. The number of hydrogen-bond donors (Lipinski definition) is 2. The molecule has 0 fully saturated rings. The number of rotatable bonds is 8. The first-order valence-electron chi connectivity index (χ1n) is 9.80. The molecule has 0 radical (unpaired) electrons. The van der Waals surface area contributed by atoms with Crippen LogP contribution in [0.3, 0.4) is 0 Å². The van der Waals surface area contributed by atoms with Crippen LogP contribution in [-0.2, 0) is 13.1 Å². The molecular formula is C23H23FN4O3. The third-order valence-electron chi connectivity index (χ3n) is 4.22. The van der Waals surface area contributed by atoms with Gasteiger partial charge in [-0.1, -0.05) is 24.3 Å². The van der Waals surface area contributed by atoms with Crippen LogP contribution in [-0.4, -0.2) is 27.9 Å². The van der Waals surface area contributed by atoms with Crippen molar-refractivity contribution < 1.29 is 18.7 Å². The Morgan fingerprint density at radius 2 is 1.48 bits per heavy atom. The summed E-state index contributed by atoms with van der Waals surface area (Å²) >= 11 is 0. The number of amides is 2. The predicted octanol–water partition coefficient (Wildman–Crippen LogP) is 3.26. The number of nitrogens with one attached hydrogen (secondary N) is 2. The number of ether oxygens (including phenoxy) is 1. The van der Waals surface area contributed by atoms with E-state index in [4.69, 9.17) is 4.74 Å². The van der Waals surface area contributed by atoms with Crippen molar-refractivity contribution in [1.29, 1.82) is 0 Å². The van der Waals surface area contributed by atoms with Gasteiger partial charge in [-0.05, 0) is 49.2 Å². The van der Waals surface area contributed by atoms with Gasteiger partial charge in [-0.15, -0.1) is 0 Å². The molecule has 0 unspecified atom stereocenters. The molecule has 1 aromatic heterocycles. The molecular weight excluding hydrogens is 399 g/mol. The topological polar surface area (TPSA) is 93.2 Å². The van der Waals surface area contributed by atoms with E-state index in [1.807, 2.05) is 38.1 Å². The van der Waals surface area contributed by atoms with Crippen molar-refractivity contribution in [1.82, 2.24) is 20.6 Å². The number of halogens is 1. The van der Waals surface area contributed by atoms with Crippen LogP contribution < -0.4 is 15.4 Å². The Morgan fingerprint density at radius 1 is 0.903 bits per heavy atom. The lowest BCUT2D eigenvalue weighted by molar-refractivity contribution is 0.0908. The molecule has 0 aliphatic heterocycles. The lowest BCUT2D eigenvalue weighted by Crippen LogP contribution is -2.31. The summed E-state index contributed by atoms with van der Waals surface area (Å²) in [4.78, 5) is 33.2. The number of carbonyl (C=O) groups excluding carboxylic acids is 2. The van der Waals surface area contributed by atoms with Gasteiger partial charge in [-0.2, -0.15) is 0 Å². The van der Waals surface area contributed by atoms with Gasteiger partial charge >= 0.3 is 0 Å². The Kier molecular flexibility index (Phi) is 7.26. The van der Waals surface area contributed by atoms with Crippen LogP contribution in [0.4, 0.5) is 4.39 Å². The Morgan fingerprint density at radius 3 is 2.06 bits per heavy atom. The highest BCUT2D eigenvalue weighted by molar-refractivity contribution is 6.04. The zero-order chi connectivity index (χ0) is 22.2. The molecule has 2 aromatic carbocycles. The molecule has 7 nitrogen and oxygen atoms in total. The fourth-order valence-electron chi connectivity index (χ4n) is 2.81. The van der Waals surface area contributed by atoms with Crippen LogP contribution in [0.1, 0.15) is 46.0 Å². The predicted molar refractivity (Wildman–Crippen MR) is 113 cm³/mol. The maximum Gasteiger partial charge on any atom is 0.272 e. The third-order valence-corrected chi connectivity index (χ3v) is 4.22. The third kappa shape index (κ3) is 6.33. The smallest absolute Gasteiger partial charge is 0.272 e. The Labute approximate surface area is 179 Å². The molecule has 1 heterocycles. The van der Waals surface area contributed by atoms with Gasteiger partial charge in [0.25, 0.3) is 11.8 Å². The van der Waals surface area contributed by atoms with Crippen LogP contribution in [0.15, 0.2) is 60.9 Å². The summed E-state index contributed by atoms with van der Waals surface area (Å²) in [6, 6.07) is 13.1. The summed E-state index contributed by atoms with van der Waals surface area (Å²) in [6.45, 7) is 4.27. The Balaban J connectivity index is 1.64. The van der Waals surface area contributed by atoms with Crippen molar-refractivity contribution in [3.05, 3.63) is 89.3 Å². The van der Waals surface area contributed by atoms with E-state index in [-0.39, 0.29) is 36.4 Å². The minimum Gasteiger partial charge on any atom is -0.491 e. The highest BCUT2D eigenvalue weighted by Gasteiger charge is 2.20. The summed E-state index contributed by atoms with van der Waals surface area (Å²) < 4.78 is 18.7. The van der Waals surface area contributed by atoms with Crippen molar-refractivity contribution in [2.75, 3.05) is 0 Å². The molecule has 2 N–H and O–H groups in total. The Bertz CT molecular complexity index is 1050. The quantitative estimate of drug-likeness (QED) is 0.581. The molecule has 31 heavy (non-hydrogen) atoms. The second-order valence-corrected chi connectivity index (χ2v) is 7.06. The maximum atomic E-state index is 13.0. The fraction of sp³-hybridized carbons (Fsp3) is 0.217. The molecule has 0 saturated heterocycles. The minimum absolute atomic E-state index is 0.0421. The number of benzene rings is 2. The van der Waals surface area contributed by atoms with E-state index in [9.17, 15) is 14.0 Å². The monoisotopic (exact) mass is 422 g/mol. The van der Waals surface area contributed by atoms with Gasteiger partial charge in [-0.25, -0.2) is 14.4 Å². The molecule has 160 valence electrons. The fourth-order valence-corrected chi connectivity index (χ4v) is 2.81. The van der Waals surface area contributed by atoms with E-state index in [1.54, 1.807) is 12.1 Å². The molecule has 0 aliphatic rings. The van der Waals surface area contributed by atoms with Gasteiger partial charge in [0.2, 0.25) is 0 Å². The lowest BCUT2D eigenvalue weighted by Gasteiger charge is -2.12. The zero-order valence-corrected chi connectivity index (χ0v) is 17.3. The summed E-state index contributed by atoms with van der Waals surface area (Å²) in [6.07, 6.45) is 2.74. The largest absolute Gasteiger partial charge is 0.491 e. The van der Waals surface area contributed by atoms with E-state index < -0.39 is 11.8 Å². The molecule has 3 rings (SSSR count). The van der Waals surface area contributed by atoms with Crippen molar-refractivity contribution in [2.45, 2.75) is 33.0 Å². The Hall–Kier alpha value is -3.81. The lowest BCUT2D eigenvalue weighted by atomic mass is 10.2. The van der Waals surface area contributed by atoms with Crippen molar-refractivity contribution in [3.63, 3.8) is 0 Å². The second-order valence-electron chi connectivity index (χ2n) is 7.06. The number of carbonyl (C=O) groups is 2. The van der Waals surface area contributed by atoms with Gasteiger partial charge in [0.1, 0.15) is 11.6 Å². The molecule has 0 atom stereocenters. The van der Waals surface area contributed by atoms with E-state index >= 15 is 0 Å². The average Bonchev–Trinajstić information content (AvgIpc) is 2.76. The minimum atomic E-state index is -0.546. The van der Waals surface area contributed by atoms with E-state index in [0.29, 0.717) is 11.3 Å². The standard InChI is InChI=1S/C23H23FN4O3/c1-15(2)31-19-5-3-4-17(12-19)14-28-23(30)21-20(25-10-11-26-21)22(29)27-13-16-6-8-18(24)9-7-16/h3-12,15H,13-14H2,1-2H3,(H,27,29)(H,28,30). The van der Waals surface area contributed by atoms with E-state index in [1.165, 1.54) is 24.5 Å². The first-order chi connectivity index (χ1) is 14.9. The van der Waals surface area contributed by atoms with Crippen LogP contribution in [0.25, 0.3) is 0 Å². The summed E-state index contributed by atoms with van der Waals surface area (Å²) in [5.74, 6) is -0.712. The highest BCUT2D eigenvalue weighted by atomic mass is 19.1. The molecule has 0 aliphatic carbocycles. The number of nitrogens with zero attached hydrogens (tertiary/aromatic N) is 2. The molecule has 0 bridgehead atoms. The van der Waals surface area contributed by atoms with Crippen molar-refractivity contribution >= 4 is 11.8 Å². The average molecular weight is 422 g/mol. The highest BCUT2D eigenvalue weighted by Crippen LogP contribution is 2.15. The van der Waals surface area contributed by atoms with E-state index in [2.05, 4.69) is 20.6 Å². The summed E-state index contributed by atoms with van der Waals surface area (Å²) in [7, 11) is 0. The van der Waals surface area contributed by atoms with Gasteiger partial charge in [0.05, 0.1) is 6.10 Å². The van der Waals surface area contributed by atoms with Gasteiger partial charge in [0.15, 0.2) is 11.4 Å². The van der Waals surface area contributed by atoms with Crippen LogP contribution in [0.5, 0.6) is 5.75 Å².